The Hall–Kier alpha value is -3.63. The van der Waals surface area contributed by atoms with E-state index in [1.165, 1.54) is 19.1 Å². The van der Waals surface area contributed by atoms with Gasteiger partial charge >= 0.3 is 6.18 Å². The van der Waals surface area contributed by atoms with Crippen molar-refractivity contribution < 1.29 is 27.2 Å². The number of hydrogen-bond donors (Lipinski definition) is 3. The van der Waals surface area contributed by atoms with Crippen LogP contribution in [0.1, 0.15) is 46.7 Å². The molecule has 0 saturated heterocycles. The Kier molecular flexibility index (Phi) is 8.17. The molecule has 1 aliphatic rings. The van der Waals surface area contributed by atoms with Crippen molar-refractivity contribution in [3.05, 3.63) is 75.3 Å². The van der Waals surface area contributed by atoms with Crippen LogP contribution in [-0.2, 0) is 11.0 Å². The Labute approximate surface area is 228 Å². The van der Waals surface area contributed by atoms with Gasteiger partial charge in [-0.15, -0.1) is 0 Å². The smallest absolute Gasteiger partial charge is 0.358 e. The molecular formula is C28H27ClF4N4O2. The van der Waals surface area contributed by atoms with Gasteiger partial charge in [0.15, 0.2) is 0 Å². The van der Waals surface area contributed by atoms with Crippen molar-refractivity contribution in [3.8, 4) is 11.1 Å². The van der Waals surface area contributed by atoms with E-state index in [0.717, 1.165) is 25.2 Å². The van der Waals surface area contributed by atoms with Crippen molar-refractivity contribution in [2.45, 2.75) is 26.9 Å². The van der Waals surface area contributed by atoms with Crippen LogP contribution in [0.25, 0.3) is 22.8 Å². The number of aromatic amines is 1. The van der Waals surface area contributed by atoms with Crippen LogP contribution in [-0.4, -0.2) is 47.9 Å². The van der Waals surface area contributed by atoms with Gasteiger partial charge in [0.05, 0.1) is 22.4 Å². The zero-order valence-electron chi connectivity index (χ0n) is 21.5. The van der Waals surface area contributed by atoms with Gasteiger partial charge in [-0.2, -0.15) is 13.2 Å². The van der Waals surface area contributed by atoms with E-state index in [1.807, 2.05) is 18.7 Å². The zero-order chi connectivity index (χ0) is 28.5. The highest BCUT2D eigenvalue weighted by Gasteiger charge is 2.41. The number of benzene rings is 2. The number of hydrogen-bond acceptors (Lipinski definition) is 3. The molecule has 0 aliphatic carbocycles. The second-order valence-corrected chi connectivity index (χ2v) is 9.50. The lowest BCUT2D eigenvalue weighted by Gasteiger charge is -2.18. The lowest BCUT2D eigenvalue weighted by atomic mass is 9.93. The van der Waals surface area contributed by atoms with E-state index in [9.17, 15) is 27.2 Å². The van der Waals surface area contributed by atoms with Crippen LogP contribution in [0.4, 0.5) is 23.2 Å². The molecule has 0 fully saturated rings. The van der Waals surface area contributed by atoms with Crippen molar-refractivity contribution in [2.75, 3.05) is 31.5 Å². The van der Waals surface area contributed by atoms with Gasteiger partial charge in [-0.05, 0) is 55.9 Å². The van der Waals surface area contributed by atoms with E-state index in [1.54, 1.807) is 18.2 Å². The summed E-state index contributed by atoms with van der Waals surface area (Å²) in [6.07, 6.45) is -3.84. The van der Waals surface area contributed by atoms with Crippen molar-refractivity contribution in [1.82, 2.24) is 15.2 Å². The molecular weight excluding hydrogens is 536 g/mol. The second kappa shape index (κ2) is 11.2. The van der Waals surface area contributed by atoms with Crippen LogP contribution in [0.5, 0.6) is 0 Å². The van der Waals surface area contributed by atoms with Gasteiger partial charge in [-0.1, -0.05) is 37.6 Å². The number of H-pyrrole nitrogens is 1. The number of nitrogens with one attached hydrogen (secondary N) is 3. The number of anilines is 1. The Morgan fingerprint density at radius 1 is 1.13 bits per heavy atom. The molecule has 11 heteroatoms. The number of likely N-dealkylation sites (N-methyl/N-ethyl adjacent to an activating group) is 1. The van der Waals surface area contributed by atoms with Crippen LogP contribution < -0.4 is 10.6 Å². The molecule has 0 saturated carbocycles. The zero-order valence-corrected chi connectivity index (χ0v) is 22.3. The number of amides is 2. The van der Waals surface area contributed by atoms with Gasteiger partial charge in [-0.25, -0.2) is 4.39 Å². The first-order valence-corrected chi connectivity index (χ1v) is 12.8. The summed E-state index contributed by atoms with van der Waals surface area (Å²) in [5.74, 6) is -2.17. The van der Waals surface area contributed by atoms with Gasteiger partial charge in [0, 0.05) is 40.6 Å². The number of carbonyl (C=O) groups is 2. The Bertz CT molecular complexity index is 1460. The third-order valence-corrected chi connectivity index (χ3v) is 6.91. The first kappa shape index (κ1) is 28.4. The third kappa shape index (κ3) is 5.72. The third-order valence-electron chi connectivity index (χ3n) is 6.67. The summed E-state index contributed by atoms with van der Waals surface area (Å²) in [5.41, 5.74) is -1.26. The maximum Gasteiger partial charge on any atom is 0.419 e. The normalized spacial score (nSPS) is 14.2. The Balaban J connectivity index is 1.80. The number of nitrogens with zero attached hydrogens (tertiary/aromatic N) is 1. The molecule has 3 N–H and O–H groups in total. The van der Waals surface area contributed by atoms with E-state index in [2.05, 4.69) is 15.6 Å². The average Bonchev–Trinajstić information content (AvgIpc) is 3.37. The molecule has 1 aromatic heterocycles. The van der Waals surface area contributed by atoms with Crippen LogP contribution in [0.3, 0.4) is 0 Å². The van der Waals surface area contributed by atoms with E-state index in [4.69, 9.17) is 11.6 Å². The molecule has 0 spiro atoms. The molecule has 0 bridgehead atoms. The Morgan fingerprint density at radius 3 is 2.49 bits per heavy atom. The van der Waals surface area contributed by atoms with Crippen LogP contribution in [0, 0.1) is 12.7 Å². The molecule has 2 amide bonds. The molecule has 6 nitrogen and oxygen atoms in total. The van der Waals surface area contributed by atoms with Crippen LogP contribution >= 0.6 is 11.6 Å². The fourth-order valence-corrected chi connectivity index (χ4v) is 4.91. The summed E-state index contributed by atoms with van der Waals surface area (Å²) in [6.45, 7) is 7.42. The fraction of sp³-hybridized carbons (Fsp3) is 0.286. The minimum atomic E-state index is -4.90. The Morgan fingerprint density at radius 2 is 1.85 bits per heavy atom. The molecule has 0 unspecified atom stereocenters. The van der Waals surface area contributed by atoms with Crippen molar-refractivity contribution in [1.29, 1.82) is 0 Å². The van der Waals surface area contributed by atoms with E-state index in [-0.39, 0.29) is 34.0 Å². The van der Waals surface area contributed by atoms with E-state index in [0.29, 0.717) is 17.8 Å². The number of fused-ring (bicyclic) bond motifs is 1. The molecule has 0 atom stereocenters. The molecule has 3 aromatic rings. The number of halogens is 5. The van der Waals surface area contributed by atoms with E-state index < -0.39 is 40.6 Å². The SMILES string of the molecule is CCN(CC)CCNC(=O)c1c(C)[nH]c(/C=C2\C(=O)Nc3cccc(-c4ccc(Cl)cc4F)c32)c1C(F)(F)F. The summed E-state index contributed by atoms with van der Waals surface area (Å²) >= 11 is 5.88. The quantitative estimate of drug-likeness (QED) is 0.221. The molecule has 0 radical (unpaired) electrons. The van der Waals surface area contributed by atoms with Gasteiger partial charge in [0.2, 0.25) is 0 Å². The molecule has 1 aliphatic heterocycles. The molecule has 4 rings (SSSR count). The summed E-state index contributed by atoms with van der Waals surface area (Å²) in [4.78, 5) is 30.5. The number of carbonyl (C=O) groups excluding carboxylic acids is 2. The van der Waals surface area contributed by atoms with Gasteiger partial charge in [0.25, 0.3) is 11.8 Å². The first-order chi connectivity index (χ1) is 18.5. The van der Waals surface area contributed by atoms with Crippen LogP contribution in [0.2, 0.25) is 5.02 Å². The van der Waals surface area contributed by atoms with Gasteiger partial charge in [-0.3, -0.25) is 9.59 Å². The summed E-state index contributed by atoms with van der Waals surface area (Å²) in [6, 6.07) is 8.78. The van der Waals surface area contributed by atoms with Crippen LogP contribution in [0.15, 0.2) is 36.4 Å². The monoisotopic (exact) mass is 562 g/mol. The molecule has 206 valence electrons. The highest BCUT2D eigenvalue weighted by molar-refractivity contribution is 6.36. The van der Waals surface area contributed by atoms with E-state index >= 15 is 0 Å². The highest BCUT2D eigenvalue weighted by Crippen LogP contribution is 2.43. The summed E-state index contributed by atoms with van der Waals surface area (Å²) in [5, 5.41) is 5.37. The van der Waals surface area contributed by atoms with Gasteiger partial charge < -0.3 is 20.5 Å². The molecule has 2 heterocycles. The summed E-state index contributed by atoms with van der Waals surface area (Å²) in [7, 11) is 0. The lowest BCUT2D eigenvalue weighted by Crippen LogP contribution is -2.35. The topological polar surface area (TPSA) is 77.2 Å². The van der Waals surface area contributed by atoms with Crippen molar-refractivity contribution in [3.63, 3.8) is 0 Å². The summed E-state index contributed by atoms with van der Waals surface area (Å²) < 4.78 is 57.8. The maximum atomic E-state index is 14.8. The number of aromatic nitrogens is 1. The molecule has 39 heavy (non-hydrogen) atoms. The fourth-order valence-electron chi connectivity index (χ4n) is 4.76. The number of aryl methyl sites for hydroxylation is 1. The molecule has 2 aromatic carbocycles. The van der Waals surface area contributed by atoms with Crippen molar-refractivity contribution >= 4 is 40.8 Å². The lowest BCUT2D eigenvalue weighted by molar-refractivity contribution is -0.138. The largest absolute Gasteiger partial charge is 0.419 e. The minimum absolute atomic E-state index is 0.00479. The maximum absolute atomic E-state index is 14.8. The minimum Gasteiger partial charge on any atom is -0.358 e. The predicted molar refractivity (Wildman–Crippen MR) is 144 cm³/mol. The average molecular weight is 563 g/mol. The first-order valence-electron chi connectivity index (χ1n) is 12.4. The van der Waals surface area contributed by atoms with Gasteiger partial charge in [0.1, 0.15) is 5.82 Å². The number of alkyl halides is 3. The predicted octanol–water partition coefficient (Wildman–Crippen LogP) is 6.37. The van der Waals surface area contributed by atoms with Crippen molar-refractivity contribution in [2.24, 2.45) is 0 Å². The number of rotatable bonds is 8. The second-order valence-electron chi connectivity index (χ2n) is 9.06. The highest BCUT2D eigenvalue weighted by atomic mass is 35.5. The standard InChI is InChI=1S/C28H27ClF4N4O2/c1-4-37(5-2)12-11-34-27(39)23-15(3)35-22(25(23)28(31,32)33)14-19-24-18(7-6-8-21(24)36-26(19)38)17-10-9-16(29)13-20(17)30/h6-10,13-14,35H,4-5,11-12H2,1-3H3,(H,34,39)(H,36,38)/b19-14-.